The topological polar surface area (TPSA) is 18.5 Å². The molecule has 0 aliphatic rings. The van der Waals surface area contributed by atoms with Gasteiger partial charge in [-0.3, -0.25) is 0 Å². The molecular weight excluding hydrogens is 260 g/mol. The maximum absolute atomic E-state index is 5.36. The summed E-state index contributed by atoms with van der Waals surface area (Å²) in [5.41, 5.74) is 2.49. The van der Waals surface area contributed by atoms with Crippen molar-refractivity contribution in [3.05, 3.63) is 65.7 Å². The maximum atomic E-state index is 5.36. The first kappa shape index (κ1) is 15.2. The van der Waals surface area contributed by atoms with Crippen LogP contribution in [0.5, 0.6) is 11.5 Å². The summed E-state index contributed by atoms with van der Waals surface area (Å²) < 4.78 is 10.6. The summed E-state index contributed by atoms with van der Waals surface area (Å²) in [7, 11) is 3.32. The van der Waals surface area contributed by atoms with E-state index in [-0.39, 0.29) is 0 Å². The smallest absolute Gasteiger partial charge is 0.160 e. The van der Waals surface area contributed by atoms with Crippen molar-refractivity contribution in [3.8, 4) is 11.5 Å². The summed E-state index contributed by atoms with van der Waals surface area (Å²) in [5, 5.41) is 0. The zero-order valence-corrected chi connectivity index (χ0v) is 12.9. The summed E-state index contributed by atoms with van der Waals surface area (Å²) in [6.07, 6.45) is 5.37. The van der Waals surface area contributed by atoms with Crippen LogP contribution in [0.3, 0.4) is 0 Å². The van der Waals surface area contributed by atoms with E-state index in [1.165, 1.54) is 11.1 Å². The highest BCUT2D eigenvalue weighted by molar-refractivity contribution is 5.49. The van der Waals surface area contributed by atoms with Gasteiger partial charge >= 0.3 is 0 Å². The van der Waals surface area contributed by atoms with Crippen molar-refractivity contribution in [2.75, 3.05) is 14.2 Å². The molecule has 0 aromatic heterocycles. The van der Waals surface area contributed by atoms with Crippen molar-refractivity contribution in [2.45, 2.75) is 19.3 Å². The third kappa shape index (κ3) is 4.12. The zero-order valence-electron chi connectivity index (χ0n) is 12.9. The van der Waals surface area contributed by atoms with Gasteiger partial charge in [-0.2, -0.15) is 0 Å². The average molecular weight is 282 g/mol. The van der Waals surface area contributed by atoms with Gasteiger partial charge in [0.1, 0.15) is 0 Å². The number of hydrogen-bond donors (Lipinski definition) is 0. The fourth-order valence-corrected chi connectivity index (χ4v) is 2.27. The van der Waals surface area contributed by atoms with E-state index in [2.05, 4.69) is 55.5 Å². The molecule has 0 amide bonds. The number of benzene rings is 2. The van der Waals surface area contributed by atoms with Gasteiger partial charge in [-0.05, 0) is 35.6 Å². The normalized spacial score (nSPS) is 12.3. The van der Waals surface area contributed by atoms with Gasteiger partial charge in [-0.15, -0.1) is 0 Å². The van der Waals surface area contributed by atoms with Gasteiger partial charge in [0, 0.05) is 0 Å². The first-order chi connectivity index (χ1) is 10.2. The van der Waals surface area contributed by atoms with Gasteiger partial charge in [0.25, 0.3) is 0 Å². The Morgan fingerprint density at radius 3 is 2.33 bits per heavy atom. The summed E-state index contributed by atoms with van der Waals surface area (Å²) in [5.74, 6) is 1.99. The minimum Gasteiger partial charge on any atom is -0.493 e. The molecule has 0 saturated heterocycles. The molecule has 0 fully saturated rings. The summed E-state index contributed by atoms with van der Waals surface area (Å²) in [6.45, 7) is 2.22. The standard InChI is InChI=1S/C19H22O2/c1-15(8-7-11-16-9-5-4-6-10-16)17-12-13-18(20-2)19(14-17)21-3/h4-7,9-15H,8H2,1-3H3/b11-7+. The van der Waals surface area contributed by atoms with E-state index in [0.717, 1.165) is 17.9 Å². The zero-order chi connectivity index (χ0) is 15.1. The molecule has 1 unspecified atom stereocenters. The van der Waals surface area contributed by atoms with Crippen LogP contribution in [0.2, 0.25) is 0 Å². The third-order valence-corrected chi connectivity index (χ3v) is 3.58. The molecule has 0 radical (unpaired) electrons. The molecule has 0 spiro atoms. The Bertz CT molecular complexity index is 588. The SMILES string of the molecule is COc1ccc(C(C)C/C=C/c2ccccc2)cc1OC. The minimum atomic E-state index is 0.435. The van der Waals surface area contributed by atoms with Crippen molar-refractivity contribution < 1.29 is 9.47 Å². The van der Waals surface area contributed by atoms with E-state index in [1.54, 1.807) is 14.2 Å². The van der Waals surface area contributed by atoms with Gasteiger partial charge in [0.2, 0.25) is 0 Å². The van der Waals surface area contributed by atoms with Crippen LogP contribution in [-0.4, -0.2) is 14.2 Å². The Morgan fingerprint density at radius 1 is 0.952 bits per heavy atom. The van der Waals surface area contributed by atoms with Crippen LogP contribution in [-0.2, 0) is 0 Å². The summed E-state index contributed by atoms with van der Waals surface area (Å²) in [6, 6.07) is 16.5. The molecule has 2 aromatic carbocycles. The number of ether oxygens (including phenoxy) is 2. The van der Waals surface area contributed by atoms with Gasteiger partial charge < -0.3 is 9.47 Å². The molecule has 0 aliphatic carbocycles. The summed E-state index contributed by atoms with van der Waals surface area (Å²) >= 11 is 0. The second kappa shape index (κ2) is 7.53. The largest absolute Gasteiger partial charge is 0.493 e. The molecule has 0 aliphatic heterocycles. The monoisotopic (exact) mass is 282 g/mol. The lowest BCUT2D eigenvalue weighted by Crippen LogP contribution is -1.95. The van der Waals surface area contributed by atoms with Crippen LogP contribution >= 0.6 is 0 Å². The van der Waals surface area contributed by atoms with Crippen LogP contribution in [0.1, 0.15) is 30.4 Å². The van der Waals surface area contributed by atoms with E-state index < -0.39 is 0 Å². The van der Waals surface area contributed by atoms with E-state index in [4.69, 9.17) is 9.47 Å². The van der Waals surface area contributed by atoms with Gasteiger partial charge in [0.15, 0.2) is 11.5 Å². The van der Waals surface area contributed by atoms with Gasteiger partial charge in [-0.1, -0.05) is 55.5 Å². The number of rotatable bonds is 6. The Morgan fingerprint density at radius 2 is 1.67 bits per heavy atom. The lowest BCUT2D eigenvalue weighted by atomic mass is 9.97. The van der Waals surface area contributed by atoms with Crippen molar-refractivity contribution in [1.29, 1.82) is 0 Å². The number of allylic oxidation sites excluding steroid dienone is 1. The number of methoxy groups -OCH3 is 2. The van der Waals surface area contributed by atoms with Gasteiger partial charge in [-0.25, -0.2) is 0 Å². The predicted octanol–water partition coefficient (Wildman–Crippen LogP) is 4.91. The quantitative estimate of drug-likeness (QED) is 0.749. The molecule has 1 atom stereocenters. The summed E-state index contributed by atoms with van der Waals surface area (Å²) in [4.78, 5) is 0. The molecule has 0 N–H and O–H groups in total. The lowest BCUT2D eigenvalue weighted by Gasteiger charge is -2.13. The molecule has 2 aromatic rings. The molecule has 2 heteroatoms. The van der Waals surface area contributed by atoms with Crippen molar-refractivity contribution in [3.63, 3.8) is 0 Å². The van der Waals surface area contributed by atoms with Crippen LogP contribution in [0.15, 0.2) is 54.6 Å². The Hall–Kier alpha value is -2.22. The molecule has 21 heavy (non-hydrogen) atoms. The Balaban J connectivity index is 2.03. The highest BCUT2D eigenvalue weighted by Gasteiger charge is 2.09. The maximum Gasteiger partial charge on any atom is 0.160 e. The van der Waals surface area contributed by atoms with E-state index in [1.807, 2.05) is 12.1 Å². The van der Waals surface area contributed by atoms with Crippen molar-refractivity contribution in [2.24, 2.45) is 0 Å². The van der Waals surface area contributed by atoms with E-state index in [0.29, 0.717) is 5.92 Å². The molecule has 0 bridgehead atoms. The third-order valence-electron chi connectivity index (χ3n) is 3.58. The Labute approximate surface area is 127 Å². The minimum absolute atomic E-state index is 0.435. The fourth-order valence-electron chi connectivity index (χ4n) is 2.27. The second-order valence-corrected chi connectivity index (χ2v) is 5.06. The van der Waals surface area contributed by atoms with E-state index in [9.17, 15) is 0 Å². The van der Waals surface area contributed by atoms with Crippen molar-refractivity contribution in [1.82, 2.24) is 0 Å². The molecule has 110 valence electrons. The van der Waals surface area contributed by atoms with Crippen LogP contribution < -0.4 is 9.47 Å². The van der Waals surface area contributed by atoms with Gasteiger partial charge in [0.05, 0.1) is 14.2 Å². The van der Waals surface area contributed by atoms with Crippen molar-refractivity contribution >= 4 is 6.08 Å². The lowest BCUT2D eigenvalue weighted by molar-refractivity contribution is 0.354. The fraction of sp³-hybridized carbons (Fsp3) is 0.263. The molecular formula is C19H22O2. The molecule has 0 heterocycles. The number of hydrogen-bond acceptors (Lipinski definition) is 2. The van der Waals surface area contributed by atoms with E-state index >= 15 is 0 Å². The average Bonchev–Trinajstić information content (AvgIpc) is 2.55. The molecule has 2 rings (SSSR count). The van der Waals surface area contributed by atoms with Crippen LogP contribution in [0.4, 0.5) is 0 Å². The highest BCUT2D eigenvalue weighted by atomic mass is 16.5. The predicted molar refractivity (Wildman–Crippen MR) is 88.1 cm³/mol. The molecule has 2 nitrogen and oxygen atoms in total. The first-order valence-electron chi connectivity index (χ1n) is 7.18. The first-order valence-corrected chi connectivity index (χ1v) is 7.18. The second-order valence-electron chi connectivity index (χ2n) is 5.06. The van der Waals surface area contributed by atoms with Crippen LogP contribution in [0.25, 0.3) is 6.08 Å². The Kier molecular flexibility index (Phi) is 5.44. The van der Waals surface area contributed by atoms with Crippen LogP contribution in [0, 0.1) is 0 Å². The molecule has 0 saturated carbocycles. The highest BCUT2D eigenvalue weighted by Crippen LogP contribution is 2.31.